The van der Waals surface area contributed by atoms with Gasteiger partial charge in [-0.1, -0.05) is 11.6 Å². The number of rotatable bonds is 3. The molecule has 0 saturated carbocycles. The van der Waals surface area contributed by atoms with Crippen molar-refractivity contribution in [2.75, 3.05) is 6.54 Å². The first kappa shape index (κ1) is 26.9. The number of benzene rings is 1. The van der Waals surface area contributed by atoms with Gasteiger partial charge in [0.15, 0.2) is 0 Å². The standard InChI is InChI=1S/C26H26ClF3N6O3/c1-13-7-21-18(12-34(13)24(38)16-5-6-20(27)19(8-16)26(28,29)30)23-25(39)35(11-14(2)36(23)32-21)15(3)17-9-22(37)33(4)31-10-17/h5-6,8-10,13-15H,7,11-12H2,1-4H3/t13-,14-,15+/m1/s1. The van der Waals surface area contributed by atoms with Gasteiger partial charge in [0.2, 0.25) is 0 Å². The van der Waals surface area contributed by atoms with Gasteiger partial charge in [-0.2, -0.15) is 23.4 Å². The average molecular weight is 563 g/mol. The van der Waals surface area contributed by atoms with E-state index in [9.17, 15) is 27.6 Å². The number of hydrogen-bond donors (Lipinski definition) is 0. The van der Waals surface area contributed by atoms with E-state index in [1.165, 1.54) is 28.8 Å². The molecule has 9 nitrogen and oxygen atoms in total. The summed E-state index contributed by atoms with van der Waals surface area (Å²) in [5.41, 5.74) is 0.663. The molecule has 2 aliphatic rings. The minimum atomic E-state index is -4.71. The molecule has 0 spiro atoms. The Morgan fingerprint density at radius 3 is 2.54 bits per heavy atom. The lowest BCUT2D eigenvalue weighted by Gasteiger charge is -2.37. The molecule has 2 aromatic heterocycles. The summed E-state index contributed by atoms with van der Waals surface area (Å²) < 4.78 is 43.1. The second kappa shape index (κ2) is 9.51. The highest BCUT2D eigenvalue weighted by atomic mass is 35.5. The van der Waals surface area contributed by atoms with Crippen LogP contribution in [0.2, 0.25) is 5.02 Å². The lowest BCUT2D eigenvalue weighted by Crippen LogP contribution is -2.45. The Balaban J connectivity index is 1.48. The Hall–Kier alpha value is -3.67. The molecule has 2 amide bonds. The van der Waals surface area contributed by atoms with Gasteiger partial charge in [-0.3, -0.25) is 19.1 Å². The van der Waals surface area contributed by atoms with E-state index in [0.29, 0.717) is 35.5 Å². The van der Waals surface area contributed by atoms with Crippen molar-refractivity contribution in [1.29, 1.82) is 0 Å². The number of nitrogens with zero attached hydrogens (tertiary/aromatic N) is 6. The predicted molar refractivity (Wildman–Crippen MR) is 135 cm³/mol. The average Bonchev–Trinajstić information content (AvgIpc) is 3.25. The molecule has 13 heteroatoms. The smallest absolute Gasteiger partial charge is 0.331 e. The van der Waals surface area contributed by atoms with Gasteiger partial charge in [-0.25, -0.2) is 4.68 Å². The van der Waals surface area contributed by atoms with Crippen LogP contribution in [0.5, 0.6) is 0 Å². The topological polar surface area (TPSA) is 93.3 Å². The zero-order valence-corrected chi connectivity index (χ0v) is 22.4. The van der Waals surface area contributed by atoms with E-state index in [-0.39, 0.29) is 35.7 Å². The molecule has 0 N–H and O–H groups in total. The summed E-state index contributed by atoms with van der Waals surface area (Å²) in [6.07, 6.45) is -2.82. The van der Waals surface area contributed by atoms with Crippen molar-refractivity contribution < 1.29 is 22.8 Å². The fourth-order valence-corrected chi connectivity index (χ4v) is 5.45. The molecule has 0 aliphatic carbocycles. The number of aryl methyl sites for hydroxylation is 1. The normalized spacial score (nSPS) is 20.1. The van der Waals surface area contributed by atoms with Crippen LogP contribution in [0.1, 0.15) is 76.1 Å². The molecule has 4 heterocycles. The van der Waals surface area contributed by atoms with Crippen LogP contribution in [0.3, 0.4) is 0 Å². The maximum Gasteiger partial charge on any atom is 0.417 e. The number of amides is 2. The Kier molecular flexibility index (Phi) is 6.56. The van der Waals surface area contributed by atoms with E-state index < -0.39 is 28.7 Å². The van der Waals surface area contributed by atoms with Gasteiger partial charge >= 0.3 is 6.18 Å². The summed E-state index contributed by atoms with van der Waals surface area (Å²) in [5, 5.41) is 8.26. The first-order valence-electron chi connectivity index (χ1n) is 12.4. The number of fused-ring (bicyclic) bond motifs is 3. The number of aromatic nitrogens is 4. The fraction of sp³-hybridized carbons (Fsp3) is 0.423. The molecule has 3 atom stereocenters. The Morgan fingerprint density at radius 2 is 1.87 bits per heavy atom. The summed E-state index contributed by atoms with van der Waals surface area (Å²) in [7, 11) is 1.54. The van der Waals surface area contributed by atoms with Crippen LogP contribution in [-0.4, -0.2) is 53.8 Å². The van der Waals surface area contributed by atoms with Crippen molar-refractivity contribution in [3.05, 3.63) is 79.5 Å². The highest BCUT2D eigenvalue weighted by Crippen LogP contribution is 2.37. The van der Waals surface area contributed by atoms with Crippen LogP contribution in [0.15, 0.2) is 35.3 Å². The van der Waals surface area contributed by atoms with Crippen molar-refractivity contribution in [2.45, 2.75) is 58.0 Å². The lowest BCUT2D eigenvalue weighted by molar-refractivity contribution is -0.137. The number of carbonyl (C=O) groups excluding carboxylic acids is 2. The van der Waals surface area contributed by atoms with Crippen LogP contribution in [0, 0.1) is 0 Å². The Labute approximate surface area is 226 Å². The number of hydrogen-bond acceptors (Lipinski definition) is 5. The van der Waals surface area contributed by atoms with E-state index >= 15 is 0 Å². The van der Waals surface area contributed by atoms with Crippen LogP contribution in [-0.2, 0) is 26.2 Å². The molecule has 0 bridgehead atoms. The van der Waals surface area contributed by atoms with Gasteiger partial charge in [-0.05, 0) is 44.5 Å². The number of carbonyl (C=O) groups is 2. The SMILES string of the molecule is C[C@@H]1Cc2nn3c(c2CN1C(=O)c1ccc(Cl)c(C(F)(F)F)c1)C(=O)N([C@@H](C)c1cnn(C)c(=O)c1)C[C@H]3C. The zero-order chi connectivity index (χ0) is 28.4. The van der Waals surface area contributed by atoms with Crippen molar-refractivity contribution in [3.8, 4) is 0 Å². The minimum Gasteiger partial charge on any atom is -0.331 e. The largest absolute Gasteiger partial charge is 0.417 e. The van der Waals surface area contributed by atoms with Gasteiger partial charge in [0.1, 0.15) is 5.69 Å². The highest BCUT2D eigenvalue weighted by molar-refractivity contribution is 6.31. The van der Waals surface area contributed by atoms with Crippen molar-refractivity contribution in [2.24, 2.45) is 7.05 Å². The Morgan fingerprint density at radius 1 is 1.15 bits per heavy atom. The van der Waals surface area contributed by atoms with Gasteiger partial charge in [0, 0.05) is 43.2 Å². The summed E-state index contributed by atoms with van der Waals surface area (Å²) in [5.74, 6) is -0.897. The van der Waals surface area contributed by atoms with Crippen molar-refractivity contribution in [3.63, 3.8) is 0 Å². The number of halogens is 4. The third-order valence-electron chi connectivity index (χ3n) is 7.50. The van der Waals surface area contributed by atoms with Crippen LogP contribution < -0.4 is 5.56 Å². The van der Waals surface area contributed by atoms with E-state index in [1.54, 1.807) is 22.7 Å². The van der Waals surface area contributed by atoms with E-state index in [1.807, 2.05) is 13.8 Å². The molecule has 2 aliphatic heterocycles. The molecular weight excluding hydrogens is 537 g/mol. The van der Waals surface area contributed by atoms with E-state index in [0.717, 1.165) is 12.1 Å². The van der Waals surface area contributed by atoms with E-state index in [4.69, 9.17) is 11.6 Å². The minimum absolute atomic E-state index is 0.0166. The fourth-order valence-electron chi connectivity index (χ4n) is 5.23. The summed E-state index contributed by atoms with van der Waals surface area (Å²) >= 11 is 5.74. The molecule has 5 rings (SSSR count). The molecule has 0 saturated heterocycles. The monoisotopic (exact) mass is 562 g/mol. The van der Waals surface area contributed by atoms with Gasteiger partial charge in [0.05, 0.1) is 41.1 Å². The van der Waals surface area contributed by atoms with Crippen molar-refractivity contribution in [1.82, 2.24) is 29.4 Å². The molecule has 0 fully saturated rings. The summed E-state index contributed by atoms with van der Waals surface area (Å²) in [6.45, 7) is 5.91. The van der Waals surface area contributed by atoms with Gasteiger partial charge < -0.3 is 9.80 Å². The van der Waals surface area contributed by atoms with Crippen LogP contribution in [0.25, 0.3) is 0 Å². The van der Waals surface area contributed by atoms with Gasteiger partial charge in [-0.15, -0.1) is 0 Å². The first-order valence-corrected chi connectivity index (χ1v) is 12.8. The second-order valence-corrected chi connectivity index (χ2v) is 10.5. The summed E-state index contributed by atoms with van der Waals surface area (Å²) in [4.78, 5) is 42.5. The zero-order valence-electron chi connectivity index (χ0n) is 21.7. The first-order chi connectivity index (χ1) is 18.3. The molecule has 1 aromatic carbocycles. The van der Waals surface area contributed by atoms with E-state index in [2.05, 4.69) is 10.2 Å². The third kappa shape index (κ3) is 4.60. The Bertz CT molecular complexity index is 1550. The maximum atomic E-state index is 13.8. The predicted octanol–water partition coefficient (Wildman–Crippen LogP) is 4.01. The van der Waals surface area contributed by atoms with Crippen LogP contribution in [0.4, 0.5) is 13.2 Å². The van der Waals surface area contributed by atoms with Crippen LogP contribution >= 0.6 is 11.6 Å². The molecule has 3 aromatic rings. The molecule has 0 unspecified atom stereocenters. The molecular formula is C26H26ClF3N6O3. The molecule has 0 radical (unpaired) electrons. The molecule has 206 valence electrons. The van der Waals surface area contributed by atoms with Gasteiger partial charge in [0.25, 0.3) is 17.4 Å². The maximum absolute atomic E-state index is 13.8. The summed E-state index contributed by atoms with van der Waals surface area (Å²) in [6, 6.07) is 3.54. The lowest BCUT2D eigenvalue weighted by atomic mass is 9.96. The third-order valence-corrected chi connectivity index (χ3v) is 7.83. The highest BCUT2D eigenvalue weighted by Gasteiger charge is 2.41. The molecule has 39 heavy (non-hydrogen) atoms. The number of alkyl halides is 3. The quantitative estimate of drug-likeness (QED) is 0.481. The van der Waals surface area contributed by atoms with Crippen molar-refractivity contribution >= 4 is 23.4 Å². The second-order valence-electron chi connectivity index (χ2n) is 10.1.